The average Bonchev–Trinajstić information content (AvgIpc) is 2.45. The number of hydrogen-bond acceptors (Lipinski definition) is 4. The van der Waals surface area contributed by atoms with E-state index in [1.807, 2.05) is 0 Å². The van der Waals surface area contributed by atoms with Crippen LogP contribution in [0.2, 0.25) is 0 Å². The van der Waals surface area contributed by atoms with E-state index in [2.05, 4.69) is 56.7 Å². The largest absolute Gasteiger partial charge is 0.380 e. The summed E-state index contributed by atoms with van der Waals surface area (Å²) in [7, 11) is 0. The lowest BCUT2D eigenvalue weighted by Gasteiger charge is -2.42. The van der Waals surface area contributed by atoms with Crippen molar-refractivity contribution in [2.75, 3.05) is 52.5 Å². The van der Waals surface area contributed by atoms with Crippen LogP contribution in [0.4, 0.5) is 0 Å². The van der Waals surface area contributed by atoms with Crippen LogP contribution in [0.15, 0.2) is 0 Å². The van der Waals surface area contributed by atoms with Gasteiger partial charge < -0.3 is 10.1 Å². The molecule has 0 aromatic rings. The summed E-state index contributed by atoms with van der Waals surface area (Å²) < 4.78 is 5.78. The molecular formula is C18H39N3O. The number of piperazine rings is 1. The molecule has 0 radical (unpaired) electrons. The van der Waals surface area contributed by atoms with Crippen molar-refractivity contribution >= 4 is 0 Å². The molecule has 0 bridgehead atoms. The molecule has 1 heterocycles. The zero-order valence-electron chi connectivity index (χ0n) is 15.8. The Kier molecular flexibility index (Phi) is 8.91. The second kappa shape index (κ2) is 9.86. The summed E-state index contributed by atoms with van der Waals surface area (Å²) in [6, 6.07) is 0.596. The first kappa shape index (κ1) is 19.9. The van der Waals surface area contributed by atoms with Crippen LogP contribution in [-0.2, 0) is 4.74 Å². The van der Waals surface area contributed by atoms with E-state index in [1.54, 1.807) is 0 Å². The van der Waals surface area contributed by atoms with Gasteiger partial charge in [-0.2, -0.15) is 0 Å². The minimum atomic E-state index is 0.308. The maximum absolute atomic E-state index is 5.78. The molecule has 1 fully saturated rings. The molecule has 1 atom stereocenters. The fraction of sp³-hybridized carbons (Fsp3) is 1.00. The van der Waals surface area contributed by atoms with Crippen LogP contribution in [0.5, 0.6) is 0 Å². The van der Waals surface area contributed by atoms with Gasteiger partial charge in [0, 0.05) is 50.9 Å². The van der Waals surface area contributed by atoms with Crippen LogP contribution in [0.25, 0.3) is 0 Å². The van der Waals surface area contributed by atoms with Crippen molar-refractivity contribution in [3.05, 3.63) is 0 Å². The Morgan fingerprint density at radius 3 is 2.18 bits per heavy atom. The quantitative estimate of drug-likeness (QED) is 0.662. The minimum absolute atomic E-state index is 0.308. The monoisotopic (exact) mass is 313 g/mol. The normalized spacial score (nSPS) is 19.8. The van der Waals surface area contributed by atoms with Crippen molar-refractivity contribution in [3.8, 4) is 0 Å². The molecule has 1 aliphatic rings. The second-order valence-corrected chi connectivity index (χ2v) is 7.95. The Labute approximate surface area is 138 Å². The maximum Gasteiger partial charge on any atom is 0.0593 e. The number of hydrogen-bond donors (Lipinski definition) is 1. The van der Waals surface area contributed by atoms with Crippen LogP contribution in [0.3, 0.4) is 0 Å². The average molecular weight is 314 g/mol. The fourth-order valence-corrected chi connectivity index (χ4v) is 2.68. The molecule has 1 aliphatic heterocycles. The van der Waals surface area contributed by atoms with Gasteiger partial charge >= 0.3 is 0 Å². The number of nitrogens with zero attached hydrogens (tertiary/aromatic N) is 2. The molecule has 0 spiro atoms. The zero-order chi connectivity index (χ0) is 16.6. The van der Waals surface area contributed by atoms with Gasteiger partial charge in [-0.05, 0) is 46.6 Å². The van der Waals surface area contributed by atoms with E-state index in [-0.39, 0.29) is 0 Å². The van der Waals surface area contributed by atoms with E-state index in [1.165, 1.54) is 26.2 Å². The third-order valence-electron chi connectivity index (χ3n) is 4.80. The SMILES string of the molecule is CC(C)[C@H](C)NCCCOCCN1CCN(C(C)(C)C)CC1. The molecule has 0 unspecified atom stereocenters. The number of nitrogens with one attached hydrogen (secondary N) is 1. The summed E-state index contributed by atoms with van der Waals surface area (Å²) in [5, 5.41) is 3.55. The van der Waals surface area contributed by atoms with E-state index >= 15 is 0 Å². The van der Waals surface area contributed by atoms with Crippen molar-refractivity contribution in [3.63, 3.8) is 0 Å². The van der Waals surface area contributed by atoms with Crippen LogP contribution in [0, 0.1) is 5.92 Å². The van der Waals surface area contributed by atoms with Gasteiger partial charge in [-0.1, -0.05) is 13.8 Å². The third-order valence-corrected chi connectivity index (χ3v) is 4.80. The zero-order valence-corrected chi connectivity index (χ0v) is 15.8. The Morgan fingerprint density at radius 1 is 1.00 bits per heavy atom. The van der Waals surface area contributed by atoms with Gasteiger partial charge in [0.15, 0.2) is 0 Å². The second-order valence-electron chi connectivity index (χ2n) is 7.95. The van der Waals surface area contributed by atoms with Gasteiger partial charge in [0.2, 0.25) is 0 Å². The topological polar surface area (TPSA) is 27.7 Å². The maximum atomic E-state index is 5.78. The molecule has 0 aromatic carbocycles. The Bertz CT molecular complexity index is 281. The van der Waals surface area contributed by atoms with Crippen molar-refractivity contribution in [2.45, 2.75) is 59.5 Å². The van der Waals surface area contributed by atoms with Crippen molar-refractivity contribution in [1.29, 1.82) is 0 Å². The molecule has 1 rings (SSSR count). The molecule has 0 amide bonds. The highest BCUT2D eigenvalue weighted by Crippen LogP contribution is 2.15. The Hall–Kier alpha value is -0.160. The third kappa shape index (κ3) is 7.91. The highest BCUT2D eigenvalue weighted by Gasteiger charge is 2.25. The smallest absolute Gasteiger partial charge is 0.0593 e. The predicted octanol–water partition coefficient (Wildman–Crippen LogP) is 2.44. The van der Waals surface area contributed by atoms with Gasteiger partial charge in [0.25, 0.3) is 0 Å². The summed E-state index contributed by atoms with van der Waals surface area (Å²) in [6.45, 7) is 22.3. The fourth-order valence-electron chi connectivity index (χ4n) is 2.68. The van der Waals surface area contributed by atoms with E-state index in [0.29, 0.717) is 17.5 Å². The van der Waals surface area contributed by atoms with Crippen molar-refractivity contribution in [1.82, 2.24) is 15.1 Å². The highest BCUT2D eigenvalue weighted by molar-refractivity contribution is 4.81. The standard InChI is InChI=1S/C18H39N3O/c1-16(2)17(3)19-8-7-14-22-15-13-20-9-11-21(12-10-20)18(4,5)6/h16-17,19H,7-15H2,1-6H3/t17-/m0/s1. The lowest BCUT2D eigenvalue weighted by molar-refractivity contribution is 0.0412. The summed E-state index contributed by atoms with van der Waals surface area (Å²) in [5.41, 5.74) is 0.308. The van der Waals surface area contributed by atoms with Gasteiger partial charge in [0.05, 0.1) is 6.61 Å². The Balaban J connectivity index is 1.96. The summed E-state index contributed by atoms with van der Waals surface area (Å²) in [6.07, 6.45) is 1.11. The first-order valence-electron chi connectivity index (χ1n) is 9.09. The molecule has 0 saturated carbocycles. The molecular weight excluding hydrogens is 274 g/mol. The van der Waals surface area contributed by atoms with Crippen LogP contribution >= 0.6 is 0 Å². The van der Waals surface area contributed by atoms with Gasteiger partial charge in [-0.3, -0.25) is 9.80 Å². The van der Waals surface area contributed by atoms with E-state index in [4.69, 9.17) is 4.74 Å². The number of ether oxygens (including phenoxy) is 1. The van der Waals surface area contributed by atoms with E-state index in [0.717, 1.165) is 32.7 Å². The highest BCUT2D eigenvalue weighted by atomic mass is 16.5. The molecule has 1 N–H and O–H groups in total. The molecule has 0 aliphatic carbocycles. The predicted molar refractivity (Wildman–Crippen MR) is 95.5 cm³/mol. The molecule has 1 saturated heterocycles. The molecule has 4 heteroatoms. The lowest BCUT2D eigenvalue weighted by Crippen LogP contribution is -2.53. The van der Waals surface area contributed by atoms with Crippen molar-refractivity contribution < 1.29 is 4.74 Å². The van der Waals surface area contributed by atoms with Crippen molar-refractivity contribution in [2.24, 2.45) is 5.92 Å². The lowest BCUT2D eigenvalue weighted by atomic mass is 10.1. The van der Waals surface area contributed by atoms with Gasteiger partial charge in [0.1, 0.15) is 0 Å². The first-order chi connectivity index (χ1) is 10.3. The molecule has 22 heavy (non-hydrogen) atoms. The minimum Gasteiger partial charge on any atom is -0.380 e. The van der Waals surface area contributed by atoms with Crippen LogP contribution in [-0.4, -0.2) is 73.9 Å². The summed E-state index contributed by atoms with van der Waals surface area (Å²) in [5.74, 6) is 0.702. The first-order valence-corrected chi connectivity index (χ1v) is 9.09. The van der Waals surface area contributed by atoms with E-state index in [9.17, 15) is 0 Å². The Morgan fingerprint density at radius 2 is 1.64 bits per heavy atom. The summed E-state index contributed by atoms with van der Waals surface area (Å²) in [4.78, 5) is 5.10. The molecule has 0 aromatic heterocycles. The number of rotatable bonds is 9. The van der Waals surface area contributed by atoms with E-state index < -0.39 is 0 Å². The van der Waals surface area contributed by atoms with Crippen LogP contribution in [0.1, 0.15) is 48.0 Å². The van der Waals surface area contributed by atoms with Gasteiger partial charge in [-0.15, -0.1) is 0 Å². The van der Waals surface area contributed by atoms with Crippen LogP contribution < -0.4 is 5.32 Å². The van der Waals surface area contributed by atoms with Gasteiger partial charge in [-0.25, -0.2) is 0 Å². The summed E-state index contributed by atoms with van der Waals surface area (Å²) >= 11 is 0. The molecule has 4 nitrogen and oxygen atoms in total. The molecule has 132 valence electrons.